The Balaban J connectivity index is 1.75. The lowest BCUT2D eigenvalue weighted by Gasteiger charge is -2.10. The standard InChI is InChI=1S/C18H18N6O2/c1-21-16-15(17(25)22(2)18(21)26)24(12-20-16)11-14-19-8-9-23(14)10-13-6-4-3-5-7-13/h3-9,12H,10-11H2,1-2H3. The summed E-state index contributed by atoms with van der Waals surface area (Å²) < 4.78 is 6.25. The summed E-state index contributed by atoms with van der Waals surface area (Å²) in [6, 6.07) is 10.1. The normalized spacial score (nSPS) is 11.3. The molecule has 0 bridgehead atoms. The van der Waals surface area contributed by atoms with Crippen LogP contribution >= 0.6 is 0 Å². The maximum atomic E-state index is 12.5. The molecule has 0 amide bonds. The molecule has 132 valence electrons. The molecule has 0 radical (unpaired) electrons. The first-order valence-electron chi connectivity index (χ1n) is 8.21. The van der Waals surface area contributed by atoms with Gasteiger partial charge in [0.05, 0.1) is 12.9 Å². The van der Waals surface area contributed by atoms with Crippen molar-refractivity contribution >= 4 is 11.2 Å². The summed E-state index contributed by atoms with van der Waals surface area (Å²) >= 11 is 0. The van der Waals surface area contributed by atoms with Gasteiger partial charge in [0, 0.05) is 33.0 Å². The van der Waals surface area contributed by atoms with Crippen molar-refractivity contribution < 1.29 is 0 Å². The van der Waals surface area contributed by atoms with E-state index in [9.17, 15) is 9.59 Å². The fourth-order valence-electron chi connectivity index (χ4n) is 3.08. The van der Waals surface area contributed by atoms with Crippen LogP contribution in [-0.2, 0) is 27.2 Å². The van der Waals surface area contributed by atoms with Gasteiger partial charge in [-0.05, 0) is 5.56 Å². The predicted molar refractivity (Wildman–Crippen MR) is 97.1 cm³/mol. The van der Waals surface area contributed by atoms with Crippen molar-refractivity contribution in [3.8, 4) is 0 Å². The molecule has 0 aliphatic rings. The van der Waals surface area contributed by atoms with Crippen molar-refractivity contribution in [3.05, 3.63) is 81.3 Å². The molecule has 26 heavy (non-hydrogen) atoms. The molecule has 3 heterocycles. The van der Waals surface area contributed by atoms with E-state index in [1.165, 1.54) is 17.2 Å². The highest BCUT2D eigenvalue weighted by Gasteiger charge is 2.15. The highest BCUT2D eigenvalue weighted by atomic mass is 16.2. The fraction of sp³-hybridized carbons (Fsp3) is 0.222. The summed E-state index contributed by atoms with van der Waals surface area (Å²) in [5, 5.41) is 0. The molecule has 0 saturated carbocycles. The van der Waals surface area contributed by atoms with E-state index >= 15 is 0 Å². The summed E-state index contributed by atoms with van der Waals surface area (Å²) in [6.07, 6.45) is 5.23. The van der Waals surface area contributed by atoms with Crippen LogP contribution in [0.25, 0.3) is 11.2 Å². The Morgan fingerprint density at radius 1 is 0.923 bits per heavy atom. The smallest absolute Gasteiger partial charge is 0.329 e. The van der Waals surface area contributed by atoms with Crippen molar-refractivity contribution in [2.75, 3.05) is 0 Å². The third kappa shape index (κ3) is 2.55. The largest absolute Gasteiger partial charge is 0.332 e. The lowest BCUT2D eigenvalue weighted by Crippen LogP contribution is -2.37. The van der Waals surface area contributed by atoms with E-state index in [2.05, 4.69) is 22.1 Å². The third-order valence-corrected chi connectivity index (χ3v) is 4.53. The summed E-state index contributed by atoms with van der Waals surface area (Å²) in [6.45, 7) is 1.09. The van der Waals surface area contributed by atoms with Crippen LogP contribution in [0.4, 0.5) is 0 Å². The van der Waals surface area contributed by atoms with Gasteiger partial charge in [-0.3, -0.25) is 13.9 Å². The zero-order chi connectivity index (χ0) is 18.3. The molecule has 8 heteroatoms. The zero-order valence-electron chi connectivity index (χ0n) is 14.5. The summed E-state index contributed by atoms with van der Waals surface area (Å²) in [5.74, 6) is 0.809. The van der Waals surface area contributed by atoms with Crippen molar-refractivity contribution in [2.45, 2.75) is 13.1 Å². The van der Waals surface area contributed by atoms with Gasteiger partial charge in [-0.15, -0.1) is 0 Å². The number of benzene rings is 1. The topological polar surface area (TPSA) is 79.6 Å². The Bertz CT molecular complexity index is 1200. The van der Waals surface area contributed by atoms with Crippen LogP contribution in [0, 0.1) is 0 Å². The molecular weight excluding hydrogens is 332 g/mol. The van der Waals surface area contributed by atoms with E-state index in [0.717, 1.165) is 10.4 Å². The van der Waals surface area contributed by atoms with Gasteiger partial charge in [0.2, 0.25) is 0 Å². The molecule has 0 saturated heterocycles. The second kappa shape index (κ2) is 6.14. The van der Waals surface area contributed by atoms with E-state index < -0.39 is 5.69 Å². The average Bonchev–Trinajstić information content (AvgIpc) is 3.27. The summed E-state index contributed by atoms with van der Waals surface area (Å²) in [5.41, 5.74) is 1.18. The molecule has 0 aliphatic heterocycles. The number of hydrogen-bond donors (Lipinski definition) is 0. The second-order valence-corrected chi connectivity index (χ2v) is 6.21. The van der Waals surface area contributed by atoms with Gasteiger partial charge in [0.25, 0.3) is 5.56 Å². The Morgan fingerprint density at radius 3 is 2.46 bits per heavy atom. The van der Waals surface area contributed by atoms with Crippen molar-refractivity contribution in [1.82, 2.24) is 28.2 Å². The highest BCUT2D eigenvalue weighted by Crippen LogP contribution is 2.10. The fourth-order valence-corrected chi connectivity index (χ4v) is 3.08. The Labute approximate surface area is 148 Å². The Kier molecular flexibility index (Phi) is 3.80. The van der Waals surface area contributed by atoms with Gasteiger partial charge >= 0.3 is 5.69 Å². The molecule has 0 spiro atoms. The van der Waals surface area contributed by atoms with Gasteiger partial charge in [0.1, 0.15) is 5.82 Å². The number of nitrogens with zero attached hydrogens (tertiary/aromatic N) is 6. The average molecular weight is 350 g/mol. The number of rotatable bonds is 4. The van der Waals surface area contributed by atoms with Crippen LogP contribution in [0.15, 0.2) is 58.6 Å². The predicted octanol–water partition coefficient (Wildman–Crippen LogP) is 0.727. The zero-order valence-corrected chi connectivity index (χ0v) is 14.5. The molecular formula is C18H18N6O2. The molecule has 0 fully saturated rings. The van der Waals surface area contributed by atoms with Crippen LogP contribution in [0.5, 0.6) is 0 Å². The summed E-state index contributed by atoms with van der Waals surface area (Å²) in [4.78, 5) is 33.3. The minimum Gasteiger partial charge on any atom is -0.329 e. The van der Waals surface area contributed by atoms with Crippen LogP contribution in [0.2, 0.25) is 0 Å². The lowest BCUT2D eigenvalue weighted by atomic mass is 10.2. The minimum absolute atomic E-state index is 0.359. The molecule has 0 aliphatic carbocycles. The van der Waals surface area contributed by atoms with Gasteiger partial charge in [-0.2, -0.15) is 0 Å². The molecule has 1 aromatic carbocycles. The molecule has 0 unspecified atom stereocenters. The van der Waals surface area contributed by atoms with Gasteiger partial charge in [-0.25, -0.2) is 14.8 Å². The first-order valence-corrected chi connectivity index (χ1v) is 8.21. The van der Waals surface area contributed by atoms with Crippen molar-refractivity contribution in [1.29, 1.82) is 0 Å². The first kappa shape index (κ1) is 16.1. The number of fused-ring (bicyclic) bond motifs is 1. The van der Waals surface area contributed by atoms with Gasteiger partial charge in [0.15, 0.2) is 11.2 Å². The van der Waals surface area contributed by atoms with Crippen LogP contribution in [-0.4, -0.2) is 28.2 Å². The molecule has 4 aromatic rings. The van der Waals surface area contributed by atoms with E-state index in [4.69, 9.17) is 0 Å². The second-order valence-electron chi connectivity index (χ2n) is 6.21. The van der Waals surface area contributed by atoms with E-state index in [-0.39, 0.29) is 5.56 Å². The maximum absolute atomic E-state index is 12.5. The summed E-state index contributed by atoms with van der Waals surface area (Å²) in [7, 11) is 3.08. The maximum Gasteiger partial charge on any atom is 0.332 e. The molecule has 3 aromatic heterocycles. The van der Waals surface area contributed by atoms with Crippen LogP contribution < -0.4 is 11.2 Å². The molecule has 0 atom stereocenters. The quantitative estimate of drug-likeness (QED) is 0.543. The third-order valence-electron chi connectivity index (χ3n) is 4.53. The van der Waals surface area contributed by atoms with Crippen LogP contribution in [0.3, 0.4) is 0 Å². The van der Waals surface area contributed by atoms with Crippen LogP contribution in [0.1, 0.15) is 11.4 Å². The molecule has 0 N–H and O–H groups in total. The van der Waals surface area contributed by atoms with Gasteiger partial charge in [-0.1, -0.05) is 30.3 Å². The van der Waals surface area contributed by atoms with Crippen molar-refractivity contribution in [2.24, 2.45) is 14.1 Å². The number of hydrogen-bond acceptors (Lipinski definition) is 4. The number of imidazole rings is 2. The highest BCUT2D eigenvalue weighted by molar-refractivity contribution is 5.70. The Hall–Kier alpha value is -3.42. The number of aromatic nitrogens is 6. The van der Waals surface area contributed by atoms with E-state index in [1.54, 1.807) is 24.1 Å². The monoisotopic (exact) mass is 350 g/mol. The molecule has 8 nitrogen and oxygen atoms in total. The first-order chi connectivity index (χ1) is 12.6. The van der Waals surface area contributed by atoms with Crippen molar-refractivity contribution in [3.63, 3.8) is 0 Å². The van der Waals surface area contributed by atoms with Gasteiger partial charge < -0.3 is 9.13 Å². The van der Waals surface area contributed by atoms with E-state index in [0.29, 0.717) is 24.3 Å². The molecule has 4 rings (SSSR count). The lowest BCUT2D eigenvalue weighted by molar-refractivity contribution is 0.667. The number of aryl methyl sites for hydroxylation is 1. The van der Waals surface area contributed by atoms with E-state index in [1.807, 2.05) is 29.0 Å². The minimum atomic E-state index is -0.390. The SMILES string of the molecule is Cn1c(=O)c2c(ncn2Cc2nccn2Cc2ccccc2)n(C)c1=O. The Morgan fingerprint density at radius 2 is 1.69 bits per heavy atom.